The smallest absolute Gasteiger partial charge is 0.191 e. The Labute approximate surface area is 175 Å². The van der Waals surface area contributed by atoms with Crippen molar-refractivity contribution in [2.45, 2.75) is 38.6 Å². The van der Waals surface area contributed by atoms with Crippen LogP contribution in [0.4, 0.5) is 0 Å². The van der Waals surface area contributed by atoms with Gasteiger partial charge in [-0.05, 0) is 62.8 Å². The average Bonchev–Trinajstić information content (AvgIpc) is 3.39. The number of ether oxygens (including phenoxy) is 1. The third-order valence-corrected chi connectivity index (χ3v) is 5.10. The lowest BCUT2D eigenvalue weighted by Gasteiger charge is -2.15. The third-order valence-electron chi connectivity index (χ3n) is 5.10. The number of aliphatic imine (C=N–C) groups is 1. The van der Waals surface area contributed by atoms with Gasteiger partial charge < -0.3 is 20.3 Å². The molecule has 0 bridgehead atoms. The van der Waals surface area contributed by atoms with Crippen LogP contribution in [0.1, 0.15) is 31.7 Å². The monoisotopic (exact) mass is 472 g/mol. The highest BCUT2D eigenvalue weighted by molar-refractivity contribution is 14.0. The van der Waals surface area contributed by atoms with E-state index >= 15 is 0 Å². The molecule has 3 rings (SSSR count). The van der Waals surface area contributed by atoms with E-state index in [0.29, 0.717) is 0 Å². The minimum absolute atomic E-state index is 0. The number of rotatable bonds is 8. The molecule has 146 valence electrons. The van der Waals surface area contributed by atoms with Crippen LogP contribution in [0.25, 0.3) is 0 Å². The van der Waals surface area contributed by atoms with Crippen molar-refractivity contribution in [2.75, 3.05) is 39.8 Å². The molecular formula is C20H33IN4O. The van der Waals surface area contributed by atoms with Crippen LogP contribution in [0.15, 0.2) is 29.3 Å². The summed E-state index contributed by atoms with van der Waals surface area (Å²) in [6.07, 6.45) is 5.09. The largest absolute Gasteiger partial charge is 0.497 e. The Balaban J connectivity index is 0.00000243. The van der Waals surface area contributed by atoms with Crippen molar-refractivity contribution in [1.82, 2.24) is 15.5 Å². The van der Waals surface area contributed by atoms with E-state index in [-0.39, 0.29) is 24.0 Å². The molecule has 2 N–H and O–H groups in total. The quantitative estimate of drug-likeness (QED) is 0.347. The summed E-state index contributed by atoms with van der Waals surface area (Å²) in [5.41, 5.74) is 1.31. The van der Waals surface area contributed by atoms with Gasteiger partial charge in [-0.3, -0.25) is 4.99 Å². The predicted molar refractivity (Wildman–Crippen MR) is 119 cm³/mol. The summed E-state index contributed by atoms with van der Waals surface area (Å²) in [6.45, 7) is 7.34. The highest BCUT2D eigenvalue weighted by atomic mass is 127. The zero-order chi connectivity index (χ0) is 17.5. The summed E-state index contributed by atoms with van der Waals surface area (Å²) in [7, 11) is 1.70. The Morgan fingerprint density at radius 2 is 1.96 bits per heavy atom. The molecule has 1 aliphatic carbocycles. The first-order chi connectivity index (χ1) is 12.3. The second-order valence-corrected chi connectivity index (χ2v) is 7.13. The molecule has 1 atom stereocenters. The van der Waals surface area contributed by atoms with Gasteiger partial charge in [0.1, 0.15) is 5.75 Å². The summed E-state index contributed by atoms with van der Waals surface area (Å²) >= 11 is 0. The summed E-state index contributed by atoms with van der Waals surface area (Å²) in [4.78, 5) is 7.47. The lowest BCUT2D eigenvalue weighted by Crippen LogP contribution is -2.38. The fourth-order valence-corrected chi connectivity index (χ4v) is 3.46. The third kappa shape index (κ3) is 6.61. The van der Waals surface area contributed by atoms with E-state index < -0.39 is 0 Å². The van der Waals surface area contributed by atoms with Crippen LogP contribution in [0, 0.1) is 5.92 Å². The van der Waals surface area contributed by atoms with Gasteiger partial charge in [0.25, 0.3) is 0 Å². The molecule has 1 aliphatic heterocycles. The van der Waals surface area contributed by atoms with Gasteiger partial charge in [0.15, 0.2) is 5.96 Å². The molecule has 1 saturated heterocycles. The minimum Gasteiger partial charge on any atom is -0.497 e. The maximum atomic E-state index is 5.20. The molecule has 1 saturated carbocycles. The molecule has 0 amide bonds. The number of halogens is 1. The maximum absolute atomic E-state index is 5.20. The van der Waals surface area contributed by atoms with Gasteiger partial charge in [0, 0.05) is 32.2 Å². The zero-order valence-electron chi connectivity index (χ0n) is 16.0. The normalized spacial score (nSPS) is 20.5. The zero-order valence-corrected chi connectivity index (χ0v) is 18.4. The van der Waals surface area contributed by atoms with Crippen LogP contribution < -0.4 is 15.4 Å². The first-order valence-electron chi connectivity index (χ1n) is 9.67. The molecule has 6 heteroatoms. The molecule has 26 heavy (non-hydrogen) atoms. The van der Waals surface area contributed by atoms with Crippen molar-refractivity contribution < 1.29 is 4.74 Å². The van der Waals surface area contributed by atoms with E-state index in [1.807, 2.05) is 12.1 Å². The number of likely N-dealkylation sites (tertiary alicyclic amines) is 1. The number of nitrogens with one attached hydrogen (secondary N) is 2. The highest BCUT2D eigenvalue weighted by Gasteiger charge is 2.34. The van der Waals surface area contributed by atoms with E-state index in [1.54, 1.807) is 7.11 Å². The Bertz CT molecular complexity index is 559. The van der Waals surface area contributed by atoms with Crippen molar-refractivity contribution >= 4 is 29.9 Å². The number of guanidine groups is 1. The summed E-state index contributed by atoms with van der Waals surface area (Å²) < 4.78 is 5.20. The number of nitrogens with zero attached hydrogens (tertiary/aromatic N) is 2. The van der Waals surface area contributed by atoms with Gasteiger partial charge in [-0.25, -0.2) is 0 Å². The van der Waals surface area contributed by atoms with Crippen LogP contribution in [0.3, 0.4) is 0 Å². The second kappa shape index (κ2) is 11.0. The molecule has 1 unspecified atom stereocenters. The first-order valence-corrected chi connectivity index (χ1v) is 9.67. The average molecular weight is 472 g/mol. The number of methoxy groups -OCH3 is 1. The number of hydrogen-bond donors (Lipinski definition) is 2. The Morgan fingerprint density at radius 1 is 1.19 bits per heavy atom. The highest BCUT2D eigenvalue weighted by Crippen LogP contribution is 2.31. The van der Waals surface area contributed by atoms with Crippen LogP contribution >= 0.6 is 24.0 Å². The van der Waals surface area contributed by atoms with Crippen molar-refractivity contribution in [3.8, 4) is 5.75 Å². The standard InChI is InChI=1S/C20H32N4O.HI/c1-3-21-20(22-12-10-16-4-8-19(25-2)9-5-16)23-14-17-11-13-24(15-17)18-6-7-18;/h4-5,8-9,17-18H,3,6-7,10-15H2,1-2H3,(H2,21,22,23);1H. The molecule has 1 heterocycles. The number of benzene rings is 1. The molecular weight excluding hydrogens is 439 g/mol. The Kier molecular flexibility index (Phi) is 8.98. The van der Waals surface area contributed by atoms with Crippen LogP contribution in [0.2, 0.25) is 0 Å². The lowest BCUT2D eigenvalue weighted by atomic mass is 10.1. The van der Waals surface area contributed by atoms with E-state index in [4.69, 9.17) is 9.73 Å². The fourth-order valence-electron chi connectivity index (χ4n) is 3.46. The van der Waals surface area contributed by atoms with Crippen molar-refractivity contribution in [2.24, 2.45) is 10.9 Å². The van der Waals surface area contributed by atoms with E-state index in [2.05, 4.69) is 34.6 Å². The van der Waals surface area contributed by atoms with E-state index in [0.717, 1.165) is 49.7 Å². The number of hydrogen-bond acceptors (Lipinski definition) is 3. The van der Waals surface area contributed by atoms with Gasteiger partial charge in [-0.1, -0.05) is 12.1 Å². The Morgan fingerprint density at radius 3 is 2.62 bits per heavy atom. The SMILES string of the molecule is CCNC(=NCC1CCN(C2CC2)C1)NCCc1ccc(OC)cc1.I. The summed E-state index contributed by atoms with van der Waals surface area (Å²) in [5.74, 6) is 2.57. The van der Waals surface area contributed by atoms with Gasteiger partial charge in [-0.15, -0.1) is 24.0 Å². The lowest BCUT2D eigenvalue weighted by molar-refractivity contribution is 0.315. The molecule has 2 fully saturated rings. The van der Waals surface area contributed by atoms with Crippen molar-refractivity contribution in [3.05, 3.63) is 29.8 Å². The van der Waals surface area contributed by atoms with E-state index in [9.17, 15) is 0 Å². The van der Waals surface area contributed by atoms with Crippen LogP contribution in [0.5, 0.6) is 5.75 Å². The van der Waals surface area contributed by atoms with Gasteiger partial charge in [0.2, 0.25) is 0 Å². The Hall–Kier alpha value is -1.02. The van der Waals surface area contributed by atoms with Gasteiger partial charge >= 0.3 is 0 Å². The second-order valence-electron chi connectivity index (χ2n) is 7.13. The van der Waals surface area contributed by atoms with Crippen LogP contribution in [-0.2, 0) is 6.42 Å². The molecule has 0 aromatic heterocycles. The summed E-state index contributed by atoms with van der Waals surface area (Å²) in [6, 6.07) is 9.16. The van der Waals surface area contributed by atoms with Gasteiger partial charge in [0.05, 0.1) is 7.11 Å². The summed E-state index contributed by atoms with van der Waals surface area (Å²) in [5, 5.41) is 6.82. The van der Waals surface area contributed by atoms with Gasteiger partial charge in [-0.2, -0.15) is 0 Å². The topological polar surface area (TPSA) is 48.9 Å². The molecule has 1 aromatic carbocycles. The predicted octanol–water partition coefficient (Wildman–Crippen LogP) is 2.90. The van der Waals surface area contributed by atoms with E-state index in [1.165, 1.54) is 37.9 Å². The first kappa shape index (κ1) is 21.3. The fraction of sp³-hybridized carbons (Fsp3) is 0.650. The maximum Gasteiger partial charge on any atom is 0.191 e. The molecule has 5 nitrogen and oxygen atoms in total. The van der Waals surface area contributed by atoms with Crippen molar-refractivity contribution in [3.63, 3.8) is 0 Å². The van der Waals surface area contributed by atoms with Crippen molar-refractivity contribution in [1.29, 1.82) is 0 Å². The van der Waals surface area contributed by atoms with Crippen LogP contribution in [-0.4, -0.2) is 56.7 Å². The minimum atomic E-state index is 0. The molecule has 2 aliphatic rings. The molecule has 1 aromatic rings. The molecule has 0 radical (unpaired) electrons. The molecule has 0 spiro atoms.